The fourth-order valence-electron chi connectivity index (χ4n) is 3.30. The summed E-state index contributed by atoms with van der Waals surface area (Å²) in [6.45, 7) is 2.79. The molecule has 1 amide bonds. The van der Waals surface area contributed by atoms with Gasteiger partial charge in [0.25, 0.3) is 5.91 Å². The Bertz CT molecular complexity index is 1020. The number of aromatic nitrogens is 2. The molecule has 0 saturated carbocycles. The van der Waals surface area contributed by atoms with Gasteiger partial charge in [-0.15, -0.1) is 0 Å². The van der Waals surface area contributed by atoms with Crippen LogP contribution in [0.3, 0.4) is 0 Å². The summed E-state index contributed by atoms with van der Waals surface area (Å²) in [4.78, 5) is 25.6. The van der Waals surface area contributed by atoms with E-state index in [0.717, 1.165) is 5.56 Å². The number of anilines is 1. The maximum Gasteiger partial charge on any atom is 0.257 e. The summed E-state index contributed by atoms with van der Waals surface area (Å²) in [5, 5.41) is 1.10. The minimum Gasteiger partial charge on any atom is -0.488 e. The second-order valence-corrected chi connectivity index (χ2v) is 7.69. The maximum atomic E-state index is 13.1. The highest BCUT2D eigenvalue weighted by atomic mass is 35.5. The third-order valence-electron chi connectivity index (χ3n) is 4.92. The highest BCUT2D eigenvalue weighted by molar-refractivity contribution is 6.35. The van der Waals surface area contributed by atoms with E-state index in [1.165, 1.54) is 0 Å². The Morgan fingerprint density at radius 2 is 1.70 bits per heavy atom. The van der Waals surface area contributed by atoms with Gasteiger partial charge in [-0.3, -0.25) is 4.79 Å². The highest BCUT2D eigenvalue weighted by Gasteiger charge is 2.25. The molecule has 1 saturated heterocycles. The number of ether oxygens (including phenoxy) is 1. The van der Waals surface area contributed by atoms with E-state index in [-0.39, 0.29) is 12.5 Å². The number of piperazine rings is 1. The van der Waals surface area contributed by atoms with Crippen molar-refractivity contribution < 1.29 is 9.53 Å². The van der Waals surface area contributed by atoms with Crippen molar-refractivity contribution in [2.45, 2.75) is 6.61 Å². The maximum absolute atomic E-state index is 13.1. The molecule has 154 valence electrons. The van der Waals surface area contributed by atoms with Crippen LogP contribution in [0.25, 0.3) is 0 Å². The van der Waals surface area contributed by atoms with Crippen LogP contribution in [0.4, 0.5) is 5.95 Å². The van der Waals surface area contributed by atoms with Crippen LogP contribution in [0.2, 0.25) is 10.0 Å². The summed E-state index contributed by atoms with van der Waals surface area (Å²) in [6.07, 6.45) is 3.45. The SMILES string of the molecule is O=C(c1ccccc1OCc1ccc(Cl)cc1Cl)N1CCN(c2ncccn2)CC1. The van der Waals surface area contributed by atoms with Gasteiger partial charge in [0.05, 0.1) is 5.56 Å². The molecule has 30 heavy (non-hydrogen) atoms. The van der Waals surface area contributed by atoms with E-state index in [1.54, 1.807) is 42.7 Å². The number of amides is 1. The second kappa shape index (κ2) is 9.32. The van der Waals surface area contributed by atoms with Crippen molar-refractivity contribution in [1.29, 1.82) is 0 Å². The number of carbonyl (C=O) groups excluding carboxylic acids is 1. The predicted octanol–water partition coefficient (Wildman–Crippen LogP) is 4.32. The van der Waals surface area contributed by atoms with Crippen LogP contribution >= 0.6 is 23.2 Å². The Labute approximate surface area is 185 Å². The van der Waals surface area contributed by atoms with Gasteiger partial charge in [-0.25, -0.2) is 9.97 Å². The second-order valence-electron chi connectivity index (χ2n) is 6.85. The molecule has 3 aromatic rings. The summed E-state index contributed by atoms with van der Waals surface area (Å²) in [5.74, 6) is 1.16. The normalized spacial score (nSPS) is 13.9. The van der Waals surface area contributed by atoms with Crippen LogP contribution in [0.5, 0.6) is 5.75 Å². The van der Waals surface area contributed by atoms with E-state index < -0.39 is 0 Å². The van der Waals surface area contributed by atoms with Crippen LogP contribution in [0, 0.1) is 0 Å². The first-order chi connectivity index (χ1) is 14.6. The topological polar surface area (TPSA) is 58.6 Å². The van der Waals surface area contributed by atoms with Gasteiger partial charge in [-0.05, 0) is 30.3 Å². The average Bonchev–Trinajstić information content (AvgIpc) is 2.79. The summed E-state index contributed by atoms with van der Waals surface area (Å²) in [5.41, 5.74) is 1.34. The molecule has 0 aliphatic carbocycles. The van der Waals surface area contributed by atoms with E-state index in [1.807, 2.05) is 23.1 Å². The first kappa shape index (κ1) is 20.4. The molecular formula is C22H20Cl2N4O2. The Balaban J connectivity index is 1.42. The van der Waals surface area contributed by atoms with Gasteiger partial charge in [0, 0.05) is 54.2 Å². The number of hydrogen-bond acceptors (Lipinski definition) is 5. The van der Waals surface area contributed by atoms with E-state index in [9.17, 15) is 4.79 Å². The first-order valence-electron chi connectivity index (χ1n) is 9.59. The predicted molar refractivity (Wildman–Crippen MR) is 117 cm³/mol. The summed E-state index contributed by atoms with van der Waals surface area (Å²) >= 11 is 12.2. The average molecular weight is 443 g/mol. The van der Waals surface area contributed by atoms with Gasteiger partial charge >= 0.3 is 0 Å². The lowest BCUT2D eigenvalue weighted by atomic mass is 10.1. The molecule has 6 nitrogen and oxygen atoms in total. The number of rotatable bonds is 5. The fraction of sp³-hybridized carbons (Fsp3) is 0.227. The van der Waals surface area contributed by atoms with Crippen molar-refractivity contribution in [2.24, 2.45) is 0 Å². The Kier molecular flexibility index (Phi) is 6.35. The smallest absolute Gasteiger partial charge is 0.257 e. The van der Waals surface area contributed by atoms with Crippen molar-refractivity contribution in [3.05, 3.63) is 82.1 Å². The lowest BCUT2D eigenvalue weighted by molar-refractivity contribution is 0.0741. The minimum atomic E-state index is -0.0542. The fourth-order valence-corrected chi connectivity index (χ4v) is 3.76. The number of para-hydroxylation sites is 1. The van der Waals surface area contributed by atoms with E-state index >= 15 is 0 Å². The molecule has 8 heteroatoms. The third kappa shape index (κ3) is 4.66. The van der Waals surface area contributed by atoms with E-state index in [2.05, 4.69) is 14.9 Å². The Hall–Kier alpha value is -2.83. The molecule has 1 aromatic heterocycles. The molecule has 0 unspecified atom stereocenters. The van der Waals surface area contributed by atoms with Crippen molar-refractivity contribution in [3.63, 3.8) is 0 Å². The van der Waals surface area contributed by atoms with Crippen molar-refractivity contribution in [3.8, 4) is 5.75 Å². The van der Waals surface area contributed by atoms with Crippen molar-refractivity contribution >= 4 is 35.1 Å². The molecule has 2 heterocycles. The lowest BCUT2D eigenvalue weighted by Crippen LogP contribution is -2.49. The summed E-state index contributed by atoms with van der Waals surface area (Å²) in [6, 6.07) is 14.3. The molecule has 1 aliphatic heterocycles. The van der Waals surface area contributed by atoms with Gasteiger partial charge < -0.3 is 14.5 Å². The third-order valence-corrected chi connectivity index (χ3v) is 5.50. The van der Waals surface area contributed by atoms with Crippen LogP contribution in [0.15, 0.2) is 60.9 Å². The van der Waals surface area contributed by atoms with Gasteiger partial charge in [-0.2, -0.15) is 0 Å². The standard InChI is InChI=1S/C22H20Cl2N4O2/c23-17-7-6-16(19(24)14-17)15-30-20-5-2-1-4-18(20)21(29)27-10-12-28(13-11-27)22-25-8-3-9-26-22/h1-9,14H,10-13,15H2. The first-order valence-corrected chi connectivity index (χ1v) is 10.3. The molecule has 4 rings (SSSR count). The molecule has 0 bridgehead atoms. The number of benzene rings is 2. The highest BCUT2D eigenvalue weighted by Crippen LogP contribution is 2.25. The monoisotopic (exact) mass is 442 g/mol. The van der Waals surface area contributed by atoms with Gasteiger partial charge in [0.1, 0.15) is 12.4 Å². The number of nitrogens with zero attached hydrogens (tertiary/aromatic N) is 4. The molecular weight excluding hydrogens is 423 g/mol. The van der Waals surface area contributed by atoms with Crippen LogP contribution in [-0.2, 0) is 6.61 Å². The number of halogens is 2. The molecule has 0 atom stereocenters. The number of hydrogen-bond donors (Lipinski definition) is 0. The van der Waals surface area contributed by atoms with Gasteiger partial charge in [-0.1, -0.05) is 41.4 Å². The molecule has 0 N–H and O–H groups in total. The molecule has 1 fully saturated rings. The summed E-state index contributed by atoms with van der Waals surface area (Å²) < 4.78 is 5.94. The zero-order chi connectivity index (χ0) is 20.9. The molecule has 1 aliphatic rings. The molecule has 0 radical (unpaired) electrons. The Morgan fingerprint density at radius 3 is 2.43 bits per heavy atom. The minimum absolute atomic E-state index is 0.0542. The van der Waals surface area contributed by atoms with Crippen LogP contribution in [-0.4, -0.2) is 47.0 Å². The number of carbonyl (C=O) groups is 1. The zero-order valence-corrected chi connectivity index (χ0v) is 17.7. The van der Waals surface area contributed by atoms with E-state index in [0.29, 0.717) is 53.5 Å². The van der Waals surface area contributed by atoms with Gasteiger partial charge in [0.15, 0.2) is 0 Å². The van der Waals surface area contributed by atoms with Crippen LogP contribution < -0.4 is 9.64 Å². The lowest BCUT2D eigenvalue weighted by Gasteiger charge is -2.34. The van der Waals surface area contributed by atoms with E-state index in [4.69, 9.17) is 27.9 Å². The largest absolute Gasteiger partial charge is 0.488 e. The van der Waals surface area contributed by atoms with Gasteiger partial charge in [0.2, 0.25) is 5.95 Å². The van der Waals surface area contributed by atoms with Crippen LogP contribution in [0.1, 0.15) is 15.9 Å². The Morgan fingerprint density at radius 1 is 0.967 bits per heavy atom. The van der Waals surface area contributed by atoms with Crippen molar-refractivity contribution in [1.82, 2.24) is 14.9 Å². The zero-order valence-electron chi connectivity index (χ0n) is 16.2. The quantitative estimate of drug-likeness (QED) is 0.588. The summed E-state index contributed by atoms with van der Waals surface area (Å²) in [7, 11) is 0. The molecule has 0 spiro atoms. The molecule has 2 aromatic carbocycles. The van der Waals surface area contributed by atoms with Crippen molar-refractivity contribution in [2.75, 3.05) is 31.1 Å².